The molecule has 1 heterocycles. The van der Waals surface area contributed by atoms with E-state index < -0.39 is 0 Å². The Kier molecular flexibility index (Phi) is 5.48. The maximum Gasteiger partial charge on any atom is 0.258 e. The fourth-order valence-electron chi connectivity index (χ4n) is 4.17. The predicted octanol–water partition coefficient (Wildman–Crippen LogP) is 4.15. The molecule has 0 bridgehead atoms. The van der Waals surface area contributed by atoms with Gasteiger partial charge in [0, 0.05) is 16.6 Å². The van der Waals surface area contributed by atoms with E-state index in [9.17, 15) is 4.79 Å². The van der Waals surface area contributed by atoms with Crippen molar-refractivity contribution >= 4 is 22.5 Å². The molecule has 4 rings (SSSR count). The maximum atomic E-state index is 12.6. The summed E-state index contributed by atoms with van der Waals surface area (Å²) in [6.45, 7) is 0.460. The molecule has 1 aliphatic carbocycles. The average Bonchev–Trinajstić information content (AvgIpc) is 3.22. The zero-order valence-electron chi connectivity index (χ0n) is 16.5. The van der Waals surface area contributed by atoms with Crippen molar-refractivity contribution in [3.8, 4) is 11.5 Å². The number of nitrogens with one attached hydrogen (secondary N) is 2. The van der Waals surface area contributed by atoms with Crippen LogP contribution in [0.2, 0.25) is 5.02 Å². The standard InChI is InChI=1S/C22H24ClN3O3/c1-28-18-11-16-17(12-19(18)29-2)25-20(26-21(16)27)13-24-22(9-3-4-10-22)14-5-7-15(23)8-6-14/h5-8,11-12,24H,3-4,9-10,13H2,1-2H3,(H,25,26,27). The number of hydrogen-bond donors (Lipinski definition) is 2. The average molecular weight is 414 g/mol. The summed E-state index contributed by atoms with van der Waals surface area (Å²) >= 11 is 6.07. The van der Waals surface area contributed by atoms with Gasteiger partial charge in [-0.3, -0.25) is 4.79 Å². The van der Waals surface area contributed by atoms with Crippen LogP contribution in [0.4, 0.5) is 0 Å². The van der Waals surface area contributed by atoms with Crippen molar-refractivity contribution < 1.29 is 9.47 Å². The van der Waals surface area contributed by atoms with Crippen molar-refractivity contribution in [1.29, 1.82) is 0 Å². The molecule has 1 saturated carbocycles. The van der Waals surface area contributed by atoms with Gasteiger partial charge in [0.1, 0.15) is 5.82 Å². The highest BCUT2D eigenvalue weighted by atomic mass is 35.5. The molecule has 0 unspecified atom stereocenters. The number of rotatable bonds is 6. The van der Waals surface area contributed by atoms with Crippen LogP contribution in [0, 0.1) is 0 Å². The molecule has 29 heavy (non-hydrogen) atoms. The lowest BCUT2D eigenvalue weighted by Crippen LogP contribution is -2.40. The molecule has 6 nitrogen and oxygen atoms in total. The molecule has 0 spiro atoms. The topological polar surface area (TPSA) is 76.2 Å². The van der Waals surface area contributed by atoms with Crippen LogP contribution in [0.1, 0.15) is 37.1 Å². The minimum Gasteiger partial charge on any atom is -0.493 e. The van der Waals surface area contributed by atoms with E-state index in [1.54, 1.807) is 26.4 Å². The normalized spacial score (nSPS) is 15.6. The Labute approximate surface area is 174 Å². The van der Waals surface area contributed by atoms with Crippen LogP contribution in [0.5, 0.6) is 11.5 Å². The number of methoxy groups -OCH3 is 2. The second-order valence-corrected chi connectivity index (χ2v) is 7.82. The number of aromatic nitrogens is 2. The monoisotopic (exact) mass is 413 g/mol. The SMILES string of the molecule is COc1cc2nc(CNC3(c4ccc(Cl)cc4)CCCC3)[nH]c(=O)c2cc1OC. The van der Waals surface area contributed by atoms with Gasteiger partial charge in [-0.25, -0.2) is 4.98 Å². The van der Waals surface area contributed by atoms with Gasteiger partial charge in [-0.2, -0.15) is 0 Å². The van der Waals surface area contributed by atoms with Crippen molar-refractivity contribution in [2.24, 2.45) is 0 Å². The molecular weight excluding hydrogens is 390 g/mol. The minimum atomic E-state index is -0.195. The molecule has 0 radical (unpaired) electrons. The molecule has 1 aliphatic rings. The van der Waals surface area contributed by atoms with Crippen LogP contribution in [0.3, 0.4) is 0 Å². The molecule has 2 aromatic carbocycles. The molecule has 1 aromatic heterocycles. The van der Waals surface area contributed by atoms with E-state index in [4.69, 9.17) is 21.1 Å². The lowest BCUT2D eigenvalue weighted by Gasteiger charge is -2.31. The summed E-state index contributed by atoms with van der Waals surface area (Å²) in [7, 11) is 3.11. The van der Waals surface area contributed by atoms with Crippen LogP contribution < -0.4 is 20.3 Å². The van der Waals surface area contributed by atoms with Crippen LogP contribution in [0.25, 0.3) is 10.9 Å². The first-order valence-corrected chi connectivity index (χ1v) is 10.1. The molecule has 152 valence electrons. The smallest absolute Gasteiger partial charge is 0.258 e. The number of H-pyrrole nitrogens is 1. The largest absolute Gasteiger partial charge is 0.493 e. The molecule has 3 aromatic rings. The molecular formula is C22H24ClN3O3. The lowest BCUT2D eigenvalue weighted by atomic mass is 9.88. The number of benzene rings is 2. The summed E-state index contributed by atoms with van der Waals surface area (Å²) in [5, 5.41) is 4.86. The van der Waals surface area contributed by atoms with E-state index in [0.29, 0.717) is 34.8 Å². The predicted molar refractivity (Wildman–Crippen MR) is 114 cm³/mol. The molecule has 2 N–H and O–H groups in total. The van der Waals surface area contributed by atoms with Crippen molar-refractivity contribution in [2.75, 3.05) is 14.2 Å². The Balaban J connectivity index is 1.64. The summed E-state index contributed by atoms with van der Waals surface area (Å²) in [6.07, 6.45) is 4.40. The third-order valence-electron chi connectivity index (χ3n) is 5.71. The molecule has 0 atom stereocenters. The van der Waals surface area contributed by atoms with Crippen LogP contribution in [-0.4, -0.2) is 24.2 Å². The van der Waals surface area contributed by atoms with Gasteiger partial charge in [-0.05, 0) is 36.6 Å². The fraction of sp³-hybridized carbons (Fsp3) is 0.364. The number of ether oxygens (including phenoxy) is 2. The van der Waals surface area contributed by atoms with Crippen molar-refractivity contribution in [2.45, 2.75) is 37.8 Å². The zero-order chi connectivity index (χ0) is 20.4. The Morgan fingerprint density at radius 3 is 2.41 bits per heavy atom. The van der Waals surface area contributed by atoms with Gasteiger partial charge < -0.3 is 19.8 Å². The molecule has 1 fully saturated rings. The van der Waals surface area contributed by atoms with Crippen molar-refractivity contribution in [1.82, 2.24) is 15.3 Å². The van der Waals surface area contributed by atoms with Gasteiger partial charge in [-0.1, -0.05) is 36.6 Å². The summed E-state index contributed by atoms with van der Waals surface area (Å²) in [6, 6.07) is 11.4. The Bertz CT molecular complexity index is 1070. The number of fused-ring (bicyclic) bond motifs is 1. The fourth-order valence-corrected chi connectivity index (χ4v) is 4.29. The minimum absolute atomic E-state index is 0.129. The zero-order valence-corrected chi connectivity index (χ0v) is 17.3. The van der Waals surface area contributed by atoms with Crippen LogP contribution in [-0.2, 0) is 12.1 Å². The van der Waals surface area contributed by atoms with Crippen LogP contribution in [0.15, 0.2) is 41.2 Å². The summed E-state index contributed by atoms with van der Waals surface area (Å²) < 4.78 is 10.6. The van der Waals surface area contributed by atoms with E-state index in [-0.39, 0.29) is 11.1 Å². The van der Waals surface area contributed by atoms with Crippen LogP contribution >= 0.6 is 11.6 Å². The molecule has 7 heteroatoms. The maximum absolute atomic E-state index is 12.6. The number of halogens is 1. The molecule has 0 amide bonds. The quantitative estimate of drug-likeness (QED) is 0.634. The van der Waals surface area contributed by atoms with Gasteiger partial charge in [0.25, 0.3) is 5.56 Å². The number of aromatic amines is 1. The van der Waals surface area contributed by atoms with E-state index in [0.717, 1.165) is 30.7 Å². The van der Waals surface area contributed by atoms with E-state index in [1.807, 2.05) is 12.1 Å². The second-order valence-electron chi connectivity index (χ2n) is 7.39. The Morgan fingerprint density at radius 1 is 1.10 bits per heavy atom. The van der Waals surface area contributed by atoms with Crippen molar-refractivity contribution in [3.63, 3.8) is 0 Å². The highest BCUT2D eigenvalue weighted by molar-refractivity contribution is 6.30. The summed E-state index contributed by atoms with van der Waals surface area (Å²) in [4.78, 5) is 20.2. The first kappa shape index (κ1) is 19.7. The van der Waals surface area contributed by atoms with E-state index in [2.05, 4.69) is 27.4 Å². The highest BCUT2D eigenvalue weighted by Gasteiger charge is 2.35. The first-order chi connectivity index (χ1) is 14.0. The lowest BCUT2D eigenvalue weighted by molar-refractivity contribution is 0.334. The molecule has 0 aliphatic heterocycles. The third kappa shape index (κ3) is 3.82. The van der Waals surface area contributed by atoms with Gasteiger partial charge >= 0.3 is 0 Å². The van der Waals surface area contributed by atoms with E-state index >= 15 is 0 Å². The van der Waals surface area contributed by atoms with Gasteiger partial charge in [0.2, 0.25) is 0 Å². The summed E-state index contributed by atoms with van der Waals surface area (Å²) in [5.41, 5.74) is 1.47. The van der Waals surface area contributed by atoms with Crippen molar-refractivity contribution in [3.05, 3.63) is 63.2 Å². The van der Waals surface area contributed by atoms with Gasteiger partial charge in [0.05, 0.1) is 31.7 Å². The Hall–Kier alpha value is -2.57. The Morgan fingerprint density at radius 2 is 1.76 bits per heavy atom. The van der Waals surface area contributed by atoms with Gasteiger partial charge in [0.15, 0.2) is 11.5 Å². The highest BCUT2D eigenvalue weighted by Crippen LogP contribution is 2.39. The number of nitrogens with zero attached hydrogens (tertiary/aromatic N) is 1. The second kappa shape index (κ2) is 8.05. The summed E-state index contributed by atoms with van der Waals surface area (Å²) in [5.74, 6) is 1.64. The third-order valence-corrected chi connectivity index (χ3v) is 5.96. The molecule has 0 saturated heterocycles. The van der Waals surface area contributed by atoms with Gasteiger partial charge in [-0.15, -0.1) is 0 Å². The van der Waals surface area contributed by atoms with E-state index in [1.165, 1.54) is 5.56 Å². The number of hydrogen-bond acceptors (Lipinski definition) is 5. The first-order valence-electron chi connectivity index (χ1n) is 9.71.